The van der Waals surface area contributed by atoms with E-state index in [-0.39, 0.29) is 6.54 Å². The summed E-state index contributed by atoms with van der Waals surface area (Å²) in [5, 5.41) is 11.5. The van der Waals surface area contributed by atoms with Crippen LogP contribution in [0.3, 0.4) is 0 Å². The number of carbonyl (C=O) groups is 2. The molecule has 0 bridgehead atoms. The van der Waals surface area contributed by atoms with Gasteiger partial charge in [-0.2, -0.15) is 0 Å². The highest BCUT2D eigenvalue weighted by Crippen LogP contribution is 2.17. The van der Waals surface area contributed by atoms with Gasteiger partial charge < -0.3 is 15.3 Å². The van der Waals surface area contributed by atoms with Gasteiger partial charge in [-0.05, 0) is 19.3 Å². The van der Waals surface area contributed by atoms with Crippen LogP contribution in [0.4, 0.5) is 4.79 Å². The van der Waals surface area contributed by atoms with Crippen LogP contribution in [-0.2, 0) is 14.8 Å². The molecule has 2 amide bonds. The Morgan fingerprint density at radius 1 is 1.37 bits per heavy atom. The van der Waals surface area contributed by atoms with Crippen molar-refractivity contribution in [1.29, 1.82) is 0 Å². The van der Waals surface area contributed by atoms with E-state index >= 15 is 0 Å². The molecule has 0 aliphatic carbocycles. The van der Waals surface area contributed by atoms with Crippen molar-refractivity contribution in [2.75, 3.05) is 25.9 Å². The van der Waals surface area contributed by atoms with Crippen molar-refractivity contribution in [3.8, 4) is 0 Å². The number of urea groups is 1. The average Bonchev–Trinajstić information content (AvgIpc) is 2.75. The van der Waals surface area contributed by atoms with Gasteiger partial charge in [0.25, 0.3) is 0 Å². The molecule has 0 saturated carbocycles. The zero-order valence-electron chi connectivity index (χ0n) is 10.8. The number of nitrogens with zero attached hydrogens (tertiary/aromatic N) is 1. The molecule has 1 rings (SSSR count). The number of hydrogen-bond acceptors (Lipinski definition) is 4. The molecule has 1 saturated heterocycles. The summed E-state index contributed by atoms with van der Waals surface area (Å²) in [7, 11) is -3.21. The lowest BCUT2D eigenvalue weighted by molar-refractivity contribution is -0.141. The number of aliphatic carboxylic acids is 1. The fraction of sp³-hybridized carbons (Fsp3) is 0.800. The first-order valence-electron chi connectivity index (χ1n) is 6.03. The lowest BCUT2D eigenvalue weighted by Crippen LogP contribution is -2.46. The van der Waals surface area contributed by atoms with E-state index in [0.29, 0.717) is 32.4 Å². The lowest BCUT2D eigenvalue weighted by atomic mass is 10.2. The van der Waals surface area contributed by atoms with Gasteiger partial charge in [-0.1, -0.05) is 0 Å². The first-order chi connectivity index (χ1) is 8.81. The third-order valence-corrected chi connectivity index (χ3v) is 3.52. The van der Waals surface area contributed by atoms with Crippen LogP contribution < -0.4 is 10.0 Å². The quantitative estimate of drug-likeness (QED) is 0.554. The molecule has 0 aromatic rings. The minimum absolute atomic E-state index is 0.238. The van der Waals surface area contributed by atoms with Gasteiger partial charge in [0.05, 0.1) is 6.26 Å². The van der Waals surface area contributed by atoms with Crippen molar-refractivity contribution >= 4 is 22.0 Å². The van der Waals surface area contributed by atoms with E-state index in [2.05, 4.69) is 10.0 Å². The van der Waals surface area contributed by atoms with E-state index in [1.54, 1.807) is 0 Å². The monoisotopic (exact) mass is 293 g/mol. The normalized spacial score (nSPS) is 19.4. The molecule has 110 valence electrons. The van der Waals surface area contributed by atoms with Crippen LogP contribution in [0.5, 0.6) is 0 Å². The summed E-state index contributed by atoms with van der Waals surface area (Å²) in [4.78, 5) is 23.9. The summed E-state index contributed by atoms with van der Waals surface area (Å²) < 4.78 is 23.9. The predicted molar refractivity (Wildman–Crippen MR) is 68.2 cm³/mol. The Bertz CT molecular complexity index is 436. The molecule has 0 aromatic carbocycles. The second kappa shape index (κ2) is 6.71. The zero-order chi connectivity index (χ0) is 14.5. The van der Waals surface area contributed by atoms with Gasteiger partial charge in [0.15, 0.2) is 0 Å². The number of amides is 2. The number of hydrogen-bond donors (Lipinski definition) is 3. The molecule has 0 spiro atoms. The van der Waals surface area contributed by atoms with Crippen molar-refractivity contribution < 1.29 is 23.1 Å². The number of rotatable bonds is 6. The van der Waals surface area contributed by atoms with E-state index in [1.807, 2.05) is 0 Å². The molecule has 1 fully saturated rings. The maximum atomic E-state index is 11.7. The van der Waals surface area contributed by atoms with Crippen molar-refractivity contribution in [1.82, 2.24) is 14.9 Å². The summed E-state index contributed by atoms with van der Waals surface area (Å²) in [5.41, 5.74) is 0. The van der Waals surface area contributed by atoms with Gasteiger partial charge in [0.2, 0.25) is 10.0 Å². The molecule has 1 heterocycles. The Kier molecular flexibility index (Phi) is 5.55. The second-order valence-corrected chi connectivity index (χ2v) is 6.27. The largest absolute Gasteiger partial charge is 0.480 e. The SMILES string of the molecule is CS(=O)(=O)NCCCNC(=O)N1CCC[C@@H]1C(=O)O. The molecular formula is C10H19N3O5S. The molecule has 1 aliphatic rings. The summed E-state index contributed by atoms with van der Waals surface area (Å²) >= 11 is 0. The number of carbonyl (C=O) groups excluding carboxylic acids is 1. The molecule has 1 aliphatic heterocycles. The summed E-state index contributed by atoms with van der Waals surface area (Å²) in [5.74, 6) is -0.994. The lowest BCUT2D eigenvalue weighted by Gasteiger charge is -2.21. The first-order valence-corrected chi connectivity index (χ1v) is 7.92. The fourth-order valence-electron chi connectivity index (χ4n) is 1.91. The van der Waals surface area contributed by atoms with Crippen LogP contribution in [0.1, 0.15) is 19.3 Å². The summed E-state index contributed by atoms with van der Waals surface area (Å²) in [6, 6.07) is -1.17. The first kappa shape index (κ1) is 15.7. The molecule has 0 radical (unpaired) electrons. The molecular weight excluding hydrogens is 274 g/mol. The van der Waals surface area contributed by atoms with Crippen LogP contribution >= 0.6 is 0 Å². The van der Waals surface area contributed by atoms with E-state index in [9.17, 15) is 18.0 Å². The van der Waals surface area contributed by atoms with Crippen molar-refractivity contribution in [2.45, 2.75) is 25.3 Å². The zero-order valence-corrected chi connectivity index (χ0v) is 11.6. The smallest absolute Gasteiger partial charge is 0.326 e. The minimum Gasteiger partial charge on any atom is -0.480 e. The molecule has 1 atom stereocenters. The van der Waals surface area contributed by atoms with Crippen LogP contribution in [-0.4, -0.2) is 62.4 Å². The van der Waals surface area contributed by atoms with Gasteiger partial charge in [0.1, 0.15) is 6.04 Å². The highest BCUT2D eigenvalue weighted by Gasteiger charge is 2.33. The molecule has 0 aromatic heterocycles. The van der Waals surface area contributed by atoms with Gasteiger partial charge in [-0.15, -0.1) is 0 Å². The predicted octanol–water partition coefficient (Wildman–Crippen LogP) is -0.816. The number of nitrogens with one attached hydrogen (secondary N) is 2. The highest BCUT2D eigenvalue weighted by atomic mass is 32.2. The number of sulfonamides is 1. The molecule has 8 nitrogen and oxygen atoms in total. The van der Waals surface area contributed by atoms with Gasteiger partial charge in [-0.25, -0.2) is 22.7 Å². The van der Waals surface area contributed by atoms with E-state index in [4.69, 9.17) is 5.11 Å². The van der Waals surface area contributed by atoms with E-state index < -0.39 is 28.1 Å². The molecule has 9 heteroatoms. The van der Waals surface area contributed by atoms with Gasteiger partial charge >= 0.3 is 12.0 Å². The van der Waals surface area contributed by atoms with Crippen LogP contribution in [0.25, 0.3) is 0 Å². The Hall–Kier alpha value is -1.35. The molecule has 3 N–H and O–H groups in total. The maximum Gasteiger partial charge on any atom is 0.326 e. The second-order valence-electron chi connectivity index (χ2n) is 4.44. The van der Waals surface area contributed by atoms with E-state index in [1.165, 1.54) is 4.90 Å². The maximum absolute atomic E-state index is 11.7. The Morgan fingerprint density at radius 2 is 2.05 bits per heavy atom. The van der Waals surface area contributed by atoms with Gasteiger partial charge in [-0.3, -0.25) is 0 Å². The third kappa shape index (κ3) is 5.43. The fourth-order valence-corrected chi connectivity index (χ4v) is 2.42. The Labute approximate surface area is 112 Å². The van der Waals surface area contributed by atoms with Crippen LogP contribution in [0.2, 0.25) is 0 Å². The van der Waals surface area contributed by atoms with Crippen LogP contribution in [0, 0.1) is 0 Å². The Morgan fingerprint density at radius 3 is 2.63 bits per heavy atom. The van der Waals surface area contributed by atoms with Crippen molar-refractivity contribution in [3.05, 3.63) is 0 Å². The number of carboxylic acids is 1. The van der Waals surface area contributed by atoms with Crippen molar-refractivity contribution in [2.24, 2.45) is 0 Å². The third-order valence-electron chi connectivity index (χ3n) is 2.79. The minimum atomic E-state index is -3.21. The van der Waals surface area contributed by atoms with E-state index in [0.717, 1.165) is 6.26 Å². The van der Waals surface area contributed by atoms with Gasteiger partial charge in [0, 0.05) is 19.6 Å². The van der Waals surface area contributed by atoms with Crippen LogP contribution in [0.15, 0.2) is 0 Å². The van der Waals surface area contributed by atoms with Crippen molar-refractivity contribution in [3.63, 3.8) is 0 Å². The number of carboxylic acid groups (broad SMARTS) is 1. The Balaban J connectivity index is 2.26. The number of likely N-dealkylation sites (tertiary alicyclic amines) is 1. The standard InChI is InChI=1S/C10H19N3O5S/c1-19(17,18)12-6-3-5-11-10(16)13-7-2-4-8(13)9(14)15/h8,12H,2-7H2,1H3,(H,11,16)(H,14,15)/t8-/m1/s1. The topological polar surface area (TPSA) is 116 Å². The molecule has 19 heavy (non-hydrogen) atoms. The average molecular weight is 293 g/mol. The summed E-state index contributed by atoms with van der Waals surface area (Å²) in [6.45, 7) is 0.968. The molecule has 0 unspecified atom stereocenters. The summed E-state index contributed by atoms with van der Waals surface area (Å²) in [6.07, 6.45) is 2.66. The highest BCUT2D eigenvalue weighted by molar-refractivity contribution is 7.88.